The van der Waals surface area contributed by atoms with Crippen molar-refractivity contribution in [3.63, 3.8) is 0 Å². The maximum Gasteiger partial charge on any atom is 0.224 e. The number of nitrogens with two attached hydrogens (primary N) is 1. The Hall–Kier alpha value is -0.610. The Bertz CT molecular complexity index is 203. The summed E-state index contributed by atoms with van der Waals surface area (Å²) in [5, 5.41) is 12.0. The van der Waals surface area contributed by atoms with E-state index < -0.39 is 0 Å². The van der Waals surface area contributed by atoms with E-state index in [-0.39, 0.29) is 17.9 Å². The predicted molar refractivity (Wildman–Crippen MR) is 59.2 cm³/mol. The van der Waals surface area contributed by atoms with Crippen LogP contribution in [-0.2, 0) is 4.79 Å². The Morgan fingerprint density at radius 3 is 2.73 bits per heavy atom. The van der Waals surface area contributed by atoms with Crippen molar-refractivity contribution >= 4 is 5.91 Å². The molecule has 4 N–H and O–H groups in total. The quantitative estimate of drug-likeness (QED) is 0.593. The number of carbonyl (C=O) groups is 1. The maximum atomic E-state index is 11.6. The van der Waals surface area contributed by atoms with Crippen LogP contribution in [0, 0.1) is 11.8 Å². The summed E-state index contributed by atoms with van der Waals surface area (Å²) in [6.07, 6.45) is 3.34. The average Bonchev–Trinajstić information content (AvgIpc) is 2.18. The van der Waals surface area contributed by atoms with Gasteiger partial charge in [-0.15, -0.1) is 0 Å². The summed E-state index contributed by atoms with van der Waals surface area (Å²) in [5.74, 6) is 0.491. The fourth-order valence-electron chi connectivity index (χ4n) is 1.96. The van der Waals surface area contributed by atoms with E-state index >= 15 is 0 Å². The molecule has 0 bridgehead atoms. The molecule has 4 nitrogen and oxygen atoms in total. The van der Waals surface area contributed by atoms with Crippen LogP contribution in [0.25, 0.3) is 0 Å². The lowest BCUT2D eigenvalue weighted by molar-refractivity contribution is -0.125. The highest BCUT2D eigenvalue weighted by Gasteiger charge is 2.27. The minimum atomic E-state index is -0.146. The number of aliphatic hydroxyl groups is 1. The average molecular weight is 214 g/mol. The number of aliphatic hydroxyl groups excluding tert-OH is 1. The van der Waals surface area contributed by atoms with Gasteiger partial charge in [-0.25, -0.2) is 0 Å². The second-order valence-corrected chi connectivity index (χ2v) is 4.46. The van der Waals surface area contributed by atoms with E-state index in [1.807, 2.05) is 0 Å². The third kappa shape index (κ3) is 3.80. The maximum absolute atomic E-state index is 11.6. The molecule has 0 aromatic carbocycles. The van der Waals surface area contributed by atoms with Crippen molar-refractivity contribution in [1.29, 1.82) is 0 Å². The third-order valence-corrected chi connectivity index (χ3v) is 3.07. The number of nitrogens with one attached hydrogen (secondary N) is 1. The van der Waals surface area contributed by atoms with Crippen molar-refractivity contribution in [1.82, 2.24) is 5.32 Å². The van der Waals surface area contributed by atoms with Gasteiger partial charge in [0.15, 0.2) is 0 Å². The summed E-state index contributed by atoms with van der Waals surface area (Å²) in [6.45, 7) is 3.17. The first-order chi connectivity index (χ1) is 7.17. The van der Waals surface area contributed by atoms with Crippen LogP contribution in [0.5, 0.6) is 0 Å². The number of carbonyl (C=O) groups excluding carboxylic acids is 1. The van der Waals surface area contributed by atoms with Gasteiger partial charge in [0.05, 0.1) is 12.0 Å². The first-order valence-corrected chi connectivity index (χ1v) is 5.83. The van der Waals surface area contributed by atoms with Crippen LogP contribution in [0.2, 0.25) is 0 Å². The molecule has 0 saturated heterocycles. The molecule has 0 heterocycles. The lowest BCUT2D eigenvalue weighted by Crippen LogP contribution is -2.42. The van der Waals surface area contributed by atoms with Crippen LogP contribution in [0.1, 0.15) is 32.6 Å². The van der Waals surface area contributed by atoms with E-state index in [4.69, 9.17) is 10.8 Å². The molecule has 0 radical (unpaired) electrons. The molecule has 0 aromatic rings. The van der Waals surface area contributed by atoms with Gasteiger partial charge in [-0.3, -0.25) is 4.79 Å². The van der Waals surface area contributed by atoms with Gasteiger partial charge in [0.2, 0.25) is 5.91 Å². The van der Waals surface area contributed by atoms with Gasteiger partial charge < -0.3 is 16.2 Å². The summed E-state index contributed by atoms with van der Waals surface area (Å²) >= 11 is 0. The van der Waals surface area contributed by atoms with Crippen molar-refractivity contribution in [2.45, 2.75) is 38.7 Å². The lowest BCUT2D eigenvalue weighted by Gasteiger charge is -2.31. The zero-order valence-electron chi connectivity index (χ0n) is 9.41. The first kappa shape index (κ1) is 12.5. The molecule has 88 valence electrons. The largest absolute Gasteiger partial charge is 0.393 e. The first-order valence-electron chi connectivity index (χ1n) is 5.83. The second-order valence-electron chi connectivity index (χ2n) is 4.46. The van der Waals surface area contributed by atoms with Crippen LogP contribution in [0.15, 0.2) is 0 Å². The molecule has 1 atom stereocenters. The monoisotopic (exact) mass is 214 g/mol. The molecule has 1 rings (SSSR count). The molecular formula is C11H22N2O2. The summed E-state index contributed by atoms with van der Waals surface area (Å²) in [7, 11) is 0. The predicted octanol–water partition coefficient (Wildman–Crippen LogP) is 0.249. The number of hydrogen-bond acceptors (Lipinski definition) is 3. The van der Waals surface area contributed by atoms with Gasteiger partial charge >= 0.3 is 0 Å². The molecule has 1 aliphatic carbocycles. The molecule has 1 unspecified atom stereocenters. The zero-order chi connectivity index (χ0) is 11.3. The molecule has 4 heteroatoms. The van der Waals surface area contributed by atoms with E-state index in [2.05, 4.69) is 12.2 Å². The SMILES string of the molecule is CCCC(CN)C(=O)NCC1CC(O)C1. The van der Waals surface area contributed by atoms with Gasteiger partial charge in [-0.1, -0.05) is 13.3 Å². The summed E-state index contributed by atoms with van der Waals surface area (Å²) in [6, 6.07) is 0. The molecule has 15 heavy (non-hydrogen) atoms. The van der Waals surface area contributed by atoms with Crippen LogP contribution < -0.4 is 11.1 Å². The molecule has 1 aliphatic rings. The molecular weight excluding hydrogens is 192 g/mol. The fourth-order valence-corrected chi connectivity index (χ4v) is 1.96. The minimum Gasteiger partial charge on any atom is -0.393 e. The summed E-state index contributed by atoms with van der Waals surface area (Å²) in [4.78, 5) is 11.6. The van der Waals surface area contributed by atoms with E-state index in [9.17, 15) is 4.79 Å². The Kier molecular flexibility index (Phi) is 5.05. The molecule has 1 fully saturated rings. The Morgan fingerprint density at radius 1 is 1.60 bits per heavy atom. The Morgan fingerprint density at radius 2 is 2.27 bits per heavy atom. The molecule has 0 spiro atoms. The second kappa shape index (κ2) is 6.08. The van der Waals surface area contributed by atoms with Crippen molar-refractivity contribution in [3.8, 4) is 0 Å². The van der Waals surface area contributed by atoms with E-state index in [1.165, 1.54) is 0 Å². The third-order valence-electron chi connectivity index (χ3n) is 3.07. The Labute approximate surface area is 91.2 Å². The lowest BCUT2D eigenvalue weighted by atomic mass is 9.82. The highest BCUT2D eigenvalue weighted by molar-refractivity contribution is 5.78. The minimum absolute atomic E-state index is 0.0417. The van der Waals surface area contributed by atoms with E-state index in [0.29, 0.717) is 19.0 Å². The Balaban J connectivity index is 2.16. The number of hydrogen-bond donors (Lipinski definition) is 3. The van der Waals surface area contributed by atoms with Gasteiger partial charge in [-0.05, 0) is 25.2 Å². The van der Waals surface area contributed by atoms with Gasteiger partial charge in [0.25, 0.3) is 0 Å². The standard InChI is InChI=1S/C11H22N2O2/c1-2-3-9(6-12)11(15)13-7-8-4-10(14)5-8/h8-10,14H,2-7,12H2,1H3,(H,13,15). The molecule has 1 saturated carbocycles. The topological polar surface area (TPSA) is 75.4 Å². The normalized spacial score (nSPS) is 26.9. The summed E-state index contributed by atoms with van der Waals surface area (Å²) < 4.78 is 0. The van der Waals surface area contributed by atoms with Crippen LogP contribution in [0.4, 0.5) is 0 Å². The molecule has 1 amide bonds. The molecule has 0 aromatic heterocycles. The van der Waals surface area contributed by atoms with Gasteiger partial charge in [0.1, 0.15) is 0 Å². The van der Waals surface area contributed by atoms with E-state index in [1.54, 1.807) is 0 Å². The van der Waals surface area contributed by atoms with Crippen molar-refractivity contribution in [2.75, 3.05) is 13.1 Å². The van der Waals surface area contributed by atoms with Crippen LogP contribution in [-0.4, -0.2) is 30.2 Å². The zero-order valence-corrected chi connectivity index (χ0v) is 9.41. The smallest absolute Gasteiger partial charge is 0.224 e. The fraction of sp³-hybridized carbons (Fsp3) is 0.909. The van der Waals surface area contributed by atoms with Gasteiger partial charge in [0, 0.05) is 13.1 Å². The number of amides is 1. The number of rotatable bonds is 6. The van der Waals surface area contributed by atoms with Crippen LogP contribution >= 0.6 is 0 Å². The summed E-state index contributed by atoms with van der Waals surface area (Å²) in [5.41, 5.74) is 5.53. The van der Waals surface area contributed by atoms with E-state index in [0.717, 1.165) is 25.7 Å². The van der Waals surface area contributed by atoms with Crippen molar-refractivity contribution in [2.24, 2.45) is 17.6 Å². The van der Waals surface area contributed by atoms with Crippen LogP contribution in [0.3, 0.4) is 0 Å². The van der Waals surface area contributed by atoms with Crippen molar-refractivity contribution < 1.29 is 9.90 Å². The molecule has 0 aliphatic heterocycles. The highest BCUT2D eigenvalue weighted by Crippen LogP contribution is 2.26. The highest BCUT2D eigenvalue weighted by atomic mass is 16.3. The van der Waals surface area contributed by atoms with Crippen molar-refractivity contribution in [3.05, 3.63) is 0 Å². The van der Waals surface area contributed by atoms with Gasteiger partial charge in [-0.2, -0.15) is 0 Å².